The molecule has 1 aliphatic carbocycles. The van der Waals surface area contributed by atoms with Crippen molar-refractivity contribution in [1.29, 1.82) is 0 Å². The molecule has 0 aliphatic heterocycles. The average molecular weight is 466 g/mol. The number of sulfone groups is 1. The third-order valence-corrected chi connectivity index (χ3v) is 8.68. The molecule has 0 bridgehead atoms. The molecule has 0 aromatic heterocycles. The highest BCUT2D eigenvalue weighted by Crippen LogP contribution is 2.55. The first kappa shape index (κ1) is 23.6. The number of aliphatic hydroxyl groups excluding tert-OH is 1. The average Bonchev–Trinajstić information content (AvgIpc) is 2.66. The van der Waals surface area contributed by atoms with Gasteiger partial charge in [0.15, 0.2) is 15.3 Å². The molecule has 2 aromatic carbocycles. The highest BCUT2D eigenvalue weighted by molar-refractivity contribution is 7.92. The number of aliphatic hydroxyl groups is 1. The monoisotopic (exact) mass is 466 g/mol. The third kappa shape index (κ3) is 3.53. The summed E-state index contributed by atoms with van der Waals surface area (Å²) in [5, 5.41) is 9.39. The fourth-order valence-electron chi connectivity index (χ4n) is 4.03. The lowest BCUT2D eigenvalue weighted by Crippen LogP contribution is -2.51. The zero-order valence-electron chi connectivity index (χ0n) is 16.3. The molecule has 0 saturated heterocycles. The van der Waals surface area contributed by atoms with E-state index in [0.717, 1.165) is 12.1 Å². The second-order valence-electron chi connectivity index (χ2n) is 7.97. The van der Waals surface area contributed by atoms with Gasteiger partial charge in [0.25, 0.3) is 0 Å². The number of benzene rings is 2. The number of hydrogen-bond donors (Lipinski definition) is 1. The van der Waals surface area contributed by atoms with Crippen molar-refractivity contribution in [2.24, 2.45) is 5.92 Å². The van der Waals surface area contributed by atoms with Gasteiger partial charge in [0.05, 0.1) is 4.90 Å². The fourth-order valence-corrected chi connectivity index (χ4v) is 6.36. The molecule has 3 nitrogen and oxygen atoms in total. The molecule has 0 unspecified atom stereocenters. The standard InChI is InChI=1S/C21H20F6O3S/c1-18(20(22,23)24,21(25,26)27)15-7-9-16(10-8-15)19(11-14(12-19)13-28)31(29,30)17-5-3-2-4-6-17/h2-10,14,28H,11-13H2,1H3. The van der Waals surface area contributed by atoms with Crippen LogP contribution in [0, 0.1) is 5.92 Å². The van der Waals surface area contributed by atoms with Crippen LogP contribution in [0.4, 0.5) is 26.3 Å². The van der Waals surface area contributed by atoms with Crippen molar-refractivity contribution in [2.75, 3.05) is 6.61 Å². The van der Waals surface area contributed by atoms with E-state index >= 15 is 0 Å². The molecule has 0 amide bonds. The van der Waals surface area contributed by atoms with Gasteiger partial charge in [0.2, 0.25) is 0 Å². The number of rotatable bonds is 5. The predicted molar refractivity (Wildman–Crippen MR) is 101 cm³/mol. The maximum Gasteiger partial charge on any atom is 0.406 e. The molecule has 0 heterocycles. The third-order valence-electron chi connectivity index (χ3n) is 6.19. The zero-order chi connectivity index (χ0) is 23.3. The molecule has 2 aromatic rings. The minimum absolute atomic E-state index is 0.00844. The van der Waals surface area contributed by atoms with Gasteiger partial charge < -0.3 is 5.11 Å². The summed E-state index contributed by atoms with van der Waals surface area (Å²) >= 11 is 0. The van der Waals surface area contributed by atoms with Gasteiger partial charge in [-0.15, -0.1) is 0 Å². The van der Waals surface area contributed by atoms with Gasteiger partial charge in [0, 0.05) is 6.61 Å². The van der Waals surface area contributed by atoms with Crippen LogP contribution in [-0.4, -0.2) is 32.5 Å². The van der Waals surface area contributed by atoms with E-state index in [0.29, 0.717) is 12.1 Å². The Bertz CT molecular complexity index is 1010. The van der Waals surface area contributed by atoms with Crippen molar-refractivity contribution >= 4 is 9.84 Å². The van der Waals surface area contributed by atoms with Gasteiger partial charge >= 0.3 is 12.4 Å². The molecular formula is C21H20F6O3S. The SMILES string of the molecule is CC(c1ccc(C2(S(=O)(=O)c3ccccc3)CC(CO)C2)cc1)(C(F)(F)F)C(F)(F)F. The number of halogens is 6. The van der Waals surface area contributed by atoms with E-state index in [2.05, 4.69) is 0 Å². The van der Waals surface area contributed by atoms with Gasteiger partial charge in [-0.2, -0.15) is 26.3 Å². The van der Waals surface area contributed by atoms with Crippen LogP contribution in [0.3, 0.4) is 0 Å². The Hall–Kier alpha value is -2.07. The molecule has 1 aliphatic rings. The molecule has 0 radical (unpaired) electrons. The molecular weight excluding hydrogens is 446 g/mol. The summed E-state index contributed by atoms with van der Waals surface area (Å²) in [7, 11) is -4.02. The van der Waals surface area contributed by atoms with Crippen molar-refractivity contribution in [3.63, 3.8) is 0 Å². The Morgan fingerprint density at radius 2 is 1.39 bits per heavy atom. The lowest BCUT2D eigenvalue weighted by Gasteiger charge is -2.47. The van der Waals surface area contributed by atoms with E-state index in [1.54, 1.807) is 6.07 Å². The quantitative estimate of drug-likeness (QED) is 0.621. The van der Waals surface area contributed by atoms with E-state index < -0.39 is 37.9 Å². The Labute approximate surface area is 175 Å². The molecule has 170 valence electrons. The van der Waals surface area contributed by atoms with Gasteiger partial charge in [-0.05, 0) is 48.9 Å². The smallest absolute Gasteiger partial charge is 0.396 e. The second-order valence-corrected chi connectivity index (χ2v) is 10.2. The zero-order valence-corrected chi connectivity index (χ0v) is 17.2. The van der Waals surface area contributed by atoms with Gasteiger partial charge in [-0.1, -0.05) is 42.5 Å². The Morgan fingerprint density at radius 3 is 1.81 bits per heavy atom. The summed E-state index contributed by atoms with van der Waals surface area (Å²) in [6.45, 7) is -0.214. The van der Waals surface area contributed by atoms with Gasteiger partial charge in [0.1, 0.15) is 4.75 Å². The maximum absolute atomic E-state index is 13.4. The van der Waals surface area contributed by atoms with E-state index in [9.17, 15) is 39.9 Å². The van der Waals surface area contributed by atoms with Crippen LogP contribution in [0.2, 0.25) is 0 Å². The topological polar surface area (TPSA) is 54.4 Å². The first-order valence-electron chi connectivity index (χ1n) is 9.36. The summed E-state index contributed by atoms with van der Waals surface area (Å²) in [5.41, 5.74) is -5.03. The Kier molecular flexibility index (Phi) is 5.72. The normalized spacial score (nSPS) is 22.8. The minimum atomic E-state index is -5.60. The summed E-state index contributed by atoms with van der Waals surface area (Å²) in [5.74, 6) is -0.339. The number of hydrogen-bond acceptors (Lipinski definition) is 3. The van der Waals surface area contributed by atoms with Crippen molar-refractivity contribution in [2.45, 2.75) is 47.2 Å². The highest BCUT2D eigenvalue weighted by Gasteiger charge is 2.68. The fraction of sp³-hybridized carbons (Fsp3) is 0.429. The lowest BCUT2D eigenvalue weighted by atomic mass is 9.70. The van der Waals surface area contributed by atoms with E-state index in [4.69, 9.17) is 0 Å². The van der Waals surface area contributed by atoms with Gasteiger partial charge in [-0.3, -0.25) is 0 Å². The Balaban J connectivity index is 2.10. The molecule has 0 spiro atoms. The maximum atomic E-state index is 13.4. The summed E-state index contributed by atoms with van der Waals surface area (Å²) in [6.07, 6.45) is -11.2. The highest BCUT2D eigenvalue weighted by atomic mass is 32.2. The lowest BCUT2D eigenvalue weighted by molar-refractivity contribution is -0.297. The molecule has 10 heteroatoms. The summed E-state index contributed by atoms with van der Waals surface area (Å²) in [4.78, 5) is -0.00844. The van der Waals surface area contributed by atoms with Crippen LogP contribution in [0.25, 0.3) is 0 Å². The van der Waals surface area contributed by atoms with E-state index in [1.165, 1.54) is 24.3 Å². The largest absolute Gasteiger partial charge is 0.406 e. The molecule has 1 fully saturated rings. The molecule has 1 N–H and O–H groups in total. The minimum Gasteiger partial charge on any atom is -0.396 e. The van der Waals surface area contributed by atoms with Crippen LogP contribution >= 0.6 is 0 Å². The summed E-state index contributed by atoms with van der Waals surface area (Å²) in [6, 6.07) is 10.8. The van der Waals surface area contributed by atoms with Crippen molar-refractivity contribution in [1.82, 2.24) is 0 Å². The van der Waals surface area contributed by atoms with E-state index in [-0.39, 0.29) is 42.7 Å². The number of alkyl halides is 6. The predicted octanol–water partition coefficient (Wildman–Crippen LogP) is 5.14. The molecule has 3 rings (SSSR count). The van der Waals surface area contributed by atoms with Crippen LogP contribution in [0.5, 0.6) is 0 Å². The van der Waals surface area contributed by atoms with E-state index in [1.807, 2.05) is 0 Å². The van der Waals surface area contributed by atoms with Crippen LogP contribution < -0.4 is 0 Å². The van der Waals surface area contributed by atoms with Crippen molar-refractivity contribution < 1.29 is 39.9 Å². The molecule has 1 saturated carbocycles. The van der Waals surface area contributed by atoms with Crippen molar-refractivity contribution in [3.8, 4) is 0 Å². The van der Waals surface area contributed by atoms with Crippen LogP contribution in [-0.2, 0) is 20.0 Å². The molecule has 0 atom stereocenters. The van der Waals surface area contributed by atoms with Crippen LogP contribution in [0.15, 0.2) is 59.5 Å². The second kappa shape index (κ2) is 7.51. The van der Waals surface area contributed by atoms with Crippen LogP contribution in [0.1, 0.15) is 30.9 Å². The van der Waals surface area contributed by atoms with Gasteiger partial charge in [-0.25, -0.2) is 8.42 Å². The first-order valence-corrected chi connectivity index (χ1v) is 10.8. The first-order chi connectivity index (χ1) is 14.2. The Morgan fingerprint density at radius 1 is 0.903 bits per heavy atom. The summed E-state index contributed by atoms with van der Waals surface area (Å²) < 4.78 is 105. The molecule has 31 heavy (non-hydrogen) atoms. The van der Waals surface area contributed by atoms with Crippen molar-refractivity contribution in [3.05, 3.63) is 65.7 Å².